The highest BCUT2D eigenvalue weighted by atomic mass is 16.5. The van der Waals surface area contributed by atoms with E-state index in [4.69, 9.17) is 9.47 Å². The number of ketones is 1. The number of hydrogen-bond donors (Lipinski definition) is 0. The van der Waals surface area contributed by atoms with Crippen LogP contribution < -0.4 is 9.47 Å². The van der Waals surface area contributed by atoms with Gasteiger partial charge in [-0.2, -0.15) is 0 Å². The molecule has 0 aromatic heterocycles. The van der Waals surface area contributed by atoms with E-state index in [0.717, 1.165) is 31.0 Å². The lowest BCUT2D eigenvalue weighted by Crippen LogP contribution is -2.59. The zero-order chi connectivity index (χ0) is 29.3. The first-order chi connectivity index (χ1) is 16.9. The van der Waals surface area contributed by atoms with Gasteiger partial charge in [0, 0.05) is 42.1 Å². The van der Waals surface area contributed by atoms with Gasteiger partial charge in [0.15, 0.2) is 11.5 Å². The Balaban J connectivity index is 2.02. The van der Waals surface area contributed by atoms with Gasteiger partial charge in [-0.15, -0.1) is 10.2 Å². The standard InChI is InChI=1S/C19H42B15NO3/c20-14(21,15(22,16(23,24)25)17(26,27)28)9-6-35-2-1-7-3-12(37-18(29,30)31)13(38-19(32,33)34)4-8(7)10(35)5-11(9)36/h3-4,9-10H,1-2,5-6,20-34H2. The lowest BCUT2D eigenvalue weighted by molar-refractivity contribution is -0.130. The van der Waals surface area contributed by atoms with Crippen LogP contribution in [0.25, 0.3) is 0 Å². The maximum absolute atomic E-state index is 14.1. The fourth-order valence-corrected chi connectivity index (χ4v) is 7.74. The molecule has 0 spiro atoms. The van der Waals surface area contributed by atoms with Gasteiger partial charge in [0.25, 0.3) is 0 Å². The predicted molar refractivity (Wildman–Crippen MR) is 203 cm³/mol. The number of carbonyl (C=O) groups is 1. The number of ether oxygens (including phenoxy) is 2. The molecular weight excluding hydrogens is 452 g/mol. The molecule has 38 heavy (non-hydrogen) atoms. The second kappa shape index (κ2) is 10.1. The molecule has 3 rings (SSSR count). The summed E-state index contributed by atoms with van der Waals surface area (Å²) in [5, 5.41) is -0.804. The van der Waals surface area contributed by atoms with Crippen LogP contribution in [0.2, 0.25) is 20.8 Å². The van der Waals surface area contributed by atoms with Crippen molar-refractivity contribution in [1.82, 2.24) is 4.90 Å². The SMILES string of the molecule is BC(B)(B)Oc1cc2c(cc1OC(B)(B)B)C1CC(=O)C(C(B)(B)C(B)(C(B)(B)B)C(B)(B)B)CN1CC2. The van der Waals surface area contributed by atoms with Gasteiger partial charge in [0.1, 0.15) is 60.7 Å². The topological polar surface area (TPSA) is 38.8 Å². The Kier molecular flexibility index (Phi) is 8.45. The molecule has 2 unspecified atom stereocenters. The summed E-state index contributed by atoms with van der Waals surface area (Å²) in [6.07, 6.45) is 1.51. The van der Waals surface area contributed by atoms with Gasteiger partial charge in [-0.3, -0.25) is 9.69 Å². The summed E-state index contributed by atoms with van der Waals surface area (Å²) in [6.45, 7) is 1.78. The molecule has 4 nitrogen and oxygen atoms in total. The highest BCUT2D eigenvalue weighted by Crippen LogP contribution is 2.69. The number of carbonyl (C=O) groups excluding carboxylic acids is 1. The Morgan fingerprint density at radius 2 is 1.21 bits per heavy atom. The highest BCUT2D eigenvalue weighted by Gasteiger charge is 2.58. The zero-order valence-corrected chi connectivity index (χ0v) is 27.3. The van der Waals surface area contributed by atoms with Gasteiger partial charge < -0.3 is 9.47 Å². The van der Waals surface area contributed by atoms with E-state index in [-0.39, 0.29) is 43.3 Å². The van der Waals surface area contributed by atoms with Crippen molar-refractivity contribution in [2.75, 3.05) is 13.1 Å². The van der Waals surface area contributed by atoms with Crippen molar-refractivity contribution in [1.29, 1.82) is 0 Å². The molecule has 0 N–H and O–H groups in total. The Labute approximate surface area is 246 Å². The van der Waals surface area contributed by atoms with Crippen LogP contribution in [0.15, 0.2) is 12.1 Å². The number of nitrogens with zero attached hydrogens (tertiary/aromatic N) is 1. The summed E-state index contributed by atoms with van der Waals surface area (Å²) in [5.41, 5.74) is 2.52. The molecule has 2 aliphatic heterocycles. The Morgan fingerprint density at radius 1 is 0.737 bits per heavy atom. The van der Waals surface area contributed by atoms with Gasteiger partial charge in [0.05, 0.1) is 62.8 Å². The zero-order valence-electron chi connectivity index (χ0n) is 27.3. The molecule has 1 aromatic carbocycles. The molecular formula is C19H42B15NO3. The van der Waals surface area contributed by atoms with Crippen LogP contribution in [0.5, 0.6) is 11.5 Å². The van der Waals surface area contributed by atoms with Gasteiger partial charge in [0.2, 0.25) is 0 Å². The number of rotatable bonds is 8. The van der Waals surface area contributed by atoms with Gasteiger partial charge in [-0.1, -0.05) is 10.5 Å². The largest absolute Gasteiger partial charge is 0.510 e. The molecule has 0 saturated carbocycles. The van der Waals surface area contributed by atoms with Crippen molar-refractivity contribution >= 4 is 123 Å². The Bertz CT molecular complexity index is 1060. The van der Waals surface area contributed by atoms with E-state index in [2.05, 4.69) is 135 Å². The van der Waals surface area contributed by atoms with E-state index in [1.807, 2.05) is 0 Å². The average Bonchev–Trinajstić information content (AvgIpc) is 2.69. The molecule has 0 amide bonds. The second-order valence-electron chi connectivity index (χ2n) is 16.8. The van der Waals surface area contributed by atoms with Crippen molar-refractivity contribution in [3.05, 3.63) is 23.3 Å². The molecule has 1 aromatic rings. The van der Waals surface area contributed by atoms with E-state index in [1.54, 1.807) is 0 Å². The summed E-state index contributed by atoms with van der Waals surface area (Å²) in [5.74, 6) is 1.97. The molecule has 186 valence electrons. The number of piperidine rings is 1. The first-order valence-corrected chi connectivity index (χ1v) is 14.7. The lowest BCUT2D eigenvalue weighted by Gasteiger charge is -2.65. The van der Waals surface area contributed by atoms with Crippen LogP contribution in [0.4, 0.5) is 0 Å². The van der Waals surface area contributed by atoms with Crippen molar-refractivity contribution in [3.63, 3.8) is 0 Å². The monoisotopic (exact) mass is 497 g/mol. The van der Waals surface area contributed by atoms with Gasteiger partial charge in [-0.25, -0.2) is 0 Å². The minimum atomic E-state index is -0.347. The van der Waals surface area contributed by atoms with E-state index in [0.29, 0.717) is 12.2 Å². The molecule has 2 heterocycles. The predicted octanol–water partition coefficient (Wildman–Crippen LogP) is -11.9. The smallest absolute Gasteiger partial charge is 0.159 e. The summed E-state index contributed by atoms with van der Waals surface area (Å²) < 4.78 is 12.8. The molecule has 2 aliphatic rings. The number of Topliss-reactive ketones (excluding diaryl/α,β-unsaturated/α-hetero) is 1. The molecule has 0 radical (unpaired) electrons. The fourth-order valence-electron chi connectivity index (χ4n) is 7.74. The maximum atomic E-state index is 14.1. The minimum absolute atomic E-state index is 0.00228. The van der Waals surface area contributed by atoms with Crippen LogP contribution in [0.3, 0.4) is 0 Å². The van der Waals surface area contributed by atoms with Crippen molar-refractivity contribution in [2.24, 2.45) is 5.92 Å². The summed E-state index contributed by atoms with van der Waals surface area (Å²) >= 11 is 0. The molecule has 1 fully saturated rings. The van der Waals surface area contributed by atoms with Crippen LogP contribution in [-0.2, 0) is 11.2 Å². The normalized spacial score (nSPS) is 21.7. The van der Waals surface area contributed by atoms with E-state index >= 15 is 0 Å². The lowest BCUT2D eigenvalue weighted by atomic mass is 9.07. The van der Waals surface area contributed by atoms with Crippen LogP contribution >= 0.6 is 0 Å². The summed E-state index contributed by atoms with van der Waals surface area (Å²) in [4.78, 5) is 16.7. The first kappa shape index (κ1) is 31.9. The Morgan fingerprint density at radius 3 is 1.66 bits per heavy atom. The van der Waals surface area contributed by atoms with Gasteiger partial charge in [-0.05, 0) is 29.7 Å². The first-order valence-electron chi connectivity index (χ1n) is 14.7. The quantitative estimate of drug-likeness (QED) is 0.337. The fraction of sp³-hybridized carbons (Fsp3) is 0.632. The van der Waals surface area contributed by atoms with Gasteiger partial charge >= 0.3 is 0 Å². The third kappa shape index (κ3) is 6.03. The minimum Gasteiger partial charge on any atom is -0.510 e. The van der Waals surface area contributed by atoms with Crippen molar-refractivity contribution < 1.29 is 14.3 Å². The molecule has 0 aliphatic carbocycles. The summed E-state index contributed by atoms with van der Waals surface area (Å²) in [7, 11) is 33.6. The highest BCUT2D eigenvalue weighted by molar-refractivity contribution is 6.72. The average molecular weight is 495 g/mol. The third-order valence-electron chi connectivity index (χ3n) is 9.87. The Hall–Kier alpha value is -0.576. The third-order valence-corrected chi connectivity index (χ3v) is 9.87. The van der Waals surface area contributed by atoms with E-state index < -0.39 is 0 Å². The molecule has 2 atom stereocenters. The van der Waals surface area contributed by atoms with Crippen molar-refractivity contribution in [3.8, 4) is 11.5 Å². The number of benzene rings is 1. The number of hydrogen-bond acceptors (Lipinski definition) is 4. The van der Waals surface area contributed by atoms with E-state index in [1.165, 1.54) is 11.1 Å². The van der Waals surface area contributed by atoms with Crippen LogP contribution in [-0.4, -0.2) is 152 Å². The van der Waals surface area contributed by atoms with E-state index in [9.17, 15) is 4.79 Å². The molecule has 19 heteroatoms. The molecule has 0 bridgehead atoms. The maximum Gasteiger partial charge on any atom is 0.159 e. The number of fused-ring (bicyclic) bond motifs is 3. The van der Waals surface area contributed by atoms with Crippen LogP contribution in [0.1, 0.15) is 23.6 Å². The second-order valence-corrected chi connectivity index (χ2v) is 16.8. The molecule has 1 saturated heterocycles. The van der Waals surface area contributed by atoms with Crippen LogP contribution in [0, 0.1) is 5.92 Å². The van der Waals surface area contributed by atoms with Crippen molar-refractivity contribution in [2.45, 2.75) is 50.2 Å². The summed E-state index contributed by atoms with van der Waals surface area (Å²) in [6, 6.07) is 4.45.